The molecule has 0 fully saturated rings. The highest BCUT2D eigenvalue weighted by Crippen LogP contribution is 2.23. The summed E-state index contributed by atoms with van der Waals surface area (Å²) in [6.07, 6.45) is 0.871. The summed E-state index contributed by atoms with van der Waals surface area (Å²) >= 11 is 11.7. The van der Waals surface area contributed by atoms with Crippen LogP contribution in [0.2, 0.25) is 10.0 Å². The summed E-state index contributed by atoms with van der Waals surface area (Å²) in [6, 6.07) is 4.51. The summed E-state index contributed by atoms with van der Waals surface area (Å²) < 4.78 is 0. The Kier molecular flexibility index (Phi) is 6.12. The first kappa shape index (κ1) is 15.8. The summed E-state index contributed by atoms with van der Waals surface area (Å²) in [7, 11) is 0. The molecule has 19 heavy (non-hydrogen) atoms. The van der Waals surface area contributed by atoms with Crippen LogP contribution in [0.1, 0.15) is 19.4 Å². The van der Waals surface area contributed by atoms with Crippen molar-refractivity contribution >= 4 is 35.5 Å². The summed E-state index contributed by atoms with van der Waals surface area (Å²) in [5.74, 6) is -0.229. The maximum absolute atomic E-state index is 11.9. The Balaban J connectivity index is 2.79. The molecule has 0 saturated carbocycles. The number of halogens is 2. The van der Waals surface area contributed by atoms with E-state index in [9.17, 15) is 9.59 Å². The van der Waals surface area contributed by atoms with Crippen molar-refractivity contribution in [3.05, 3.63) is 33.8 Å². The van der Waals surface area contributed by atoms with E-state index in [0.717, 1.165) is 5.56 Å². The molecule has 4 nitrogen and oxygen atoms in total. The van der Waals surface area contributed by atoms with Crippen molar-refractivity contribution in [2.24, 2.45) is 0 Å². The largest absolute Gasteiger partial charge is 0.352 e. The molecule has 1 aromatic carbocycles. The minimum atomic E-state index is -0.628. The maximum atomic E-state index is 11.9. The lowest BCUT2D eigenvalue weighted by Crippen LogP contribution is -2.47. The molecule has 0 bridgehead atoms. The topological polar surface area (TPSA) is 58.2 Å². The zero-order valence-corrected chi connectivity index (χ0v) is 12.3. The van der Waals surface area contributed by atoms with E-state index in [-0.39, 0.29) is 11.9 Å². The van der Waals surface area contributed by atoms with Gasteiger partial charge in [-0.15, -0.1) is 0 Å². The lowest BCUT2D eigenvalue weighted by atomic mass is 10.1. The second kappa shape index (κ2) is 7.36. The average Bonchev–Trinajstić information content (AvgIpc) is 2.32. The van der Waals surface area contributed by atoms with E-state index in [2.05, 4.69) is 10.6 Å². The van der Waals surface area contributed by atoms with Gasteiger partial charge in [-0.3, -0.25) is 9.59 Å². The van der Waals surface area contributed by atoms with Crippen molar-refractivity contribution in [3.63, 3.8) is 0 Å². The molecule has 0 heterocycles. The van der Waals surface area contributed by atoms with Gasteiger partial charge in [0.05, 0.1) is 10.0 Å². The standard InChI is InChI=1S/C13H16Cl2N2O2/c1-8(2)17-13(19)12(16-7-18)6-9-3-4-10(14)11(15)5-9/h3-5,7-8,12H,6H2,1-2H3,(H,16,18)(H,17,19)/t12-/m0/s1. The number of carbonyl (C=O) groups excluding carboxylic acids is 2. The predicted octanol–water partition coefficient (Wildman–Crippen LogP) is 2.18. The van der Waals surface area contributed by atoms with Crippen LogP contribution < -0.4 is 10.6 Å². The van der Waals surface area contributed by atoms with Gasteiger partial charge in [-0.05, 0) is 31.5 Å². The smallest absolute Gasteiger partial charge is 0.243 e. The predicted molar refractivity (Wildman–Crippen MR) is 76.4 cm³/mol. The highest BCUT2D eigenvalue weighted by molar-refractivity contribution is 6.42. The SMILES string of the molecule is CC(C)NC(=O)[C@H](Cc1ccc(Cl)c(Cl)c1)NC=O. The van der Waals surface area contributed by atoms with Crippen LogP contribution >= 0.6 is 23.2 Å². The molecule has 2 amide bonds. The Bertz CT molecular complexity index is 464. The van der Waals surface area contributed by atoms with Crippen LogP contribution in [0.4, 0.5) is 0 Å². The summed E-state index contributed by atoms with van der Waals surface area (Å²) in [5.41, 5.74) is 0.827. The van der Waals surface area contributed by atoms with Crippen LogP contribution in [0.5, 0.6) is 0 Å². The van der Waals surface area contributed by atoms with E-state index in [1.807, 2.05) is 13.8 Å². The number of benzene rings is 1. The molecule has 6 heteroatoms. The van der Waals surface area contributed by atoms with E-state index >= 15 is 0 Å². The van der Waals surface area contributed by atoms with Crippen LogP contribution in [0.15, 0.2) is 18.2 Å². The highest BCUT2D eigenvalue weighted by Gasteiger charge is 2.19. The fraction of sp³-hybridized carbons (Fsp3) is 0.385. The van der Waals surface area contributed by atoms with Gasteiger partial charge in [-0.1, -0.05) is 29.3 Å². The minimum absolute atomic E-state index is 0.0113. The van der Waals surface area contributed by atoms with E-state index in [4.69, 9.17) is 23.2 Å². The van der Waals surface area contributed by atoms with Crippen molar-refractivity contribution in [3.8, 4) is 0 Å². The van der Waals surface area contributed by atoms with Crippen LogP contribution in [0, 0.1) is 0 Å². The summed E-state index contributed by atoms with van der Waals surface area (Å²) in [5, 5.41) is 6.14. The van der Waals surface area contributed by atoms with Crippen molar-refractivity contribution in [2.75, 3.05) is 0 Å². The van der Waals surface area contributed by atoms with E-state index < -0.39 is 6.04 Å². The first-order valence-corrected chi connectivity index (χ1v) is 6.63. The third-order valence-corrected chi connectivity index (χ3v) is 3.18. The van der Waals surface area contributed by atoms with Crippen molar-refractivity contribution in [1.29, 1.82) is 0 Å². The first-order chi connectivity index (χ1) is 8.93. The van der Waals surface area contributed by atoms with E-state index in [0.29, 0.717) is 22.9 Å². The Hall–Kier alpha value is -1.26. The van der Waals surface area contributed by atoms with Gasteiger partial charge in [0.25, 0.3) is 0 Å². The second-order valence-corrected chi connectivity index (χ2v) is 5.27. The summed E-state index contributed by atoms with van der Waals surface area (Å²) in [6.45, 7) is 3.71. The first-order valence-electron chi connectivity index (χ1n) is 5.88. The lowest BCUT2D eigenvalue weighted by Gasteiger charge is -2.18. The zero-order chi connectivity index (χ0) is 14.4. The molecule has 104 valence electrons. The van der Waals surface area contributed by atoms with E-state index in [1.54, 1.807) is 18.2 Å². The van der Waals surface area contributed by atoms with Crippen LogP contribution in [0.25, 0.3) is 0 Å². The van der Waals surface area contributed by atoms with Gasteiger partial charge in [-0.2, -0.15) is 0 Å². The molecule has 0 radical (unpaired) electrons. The van der Waals surface area contributed by atoms with Crippen molar-refractivity contribution in [1.82, 2.24) is 10.6 Å². The molecular formula is C13H16Cl2N2O2. The number of nitrogens with one attached hydrogen (secondary N) is 2. The van der Waals surface area contributed by atoms with Crippen molar-refractivity contribution < 1.29 is 9.59 Å². The van der Waals surface area contributed by atoms with Gasteiger partial charge in [-0.25, -0.2) is 0 Å². The fourth-order valence-electron chi connectivity index (χ4n) is 1.60. The zero-order valence-electron chi connectivity index (χ0n) is 10.7. The number of hydrogen-bond donors (Lipinski definition) is 2. The Morgan fingerprint density at radius 2 is 2.00 bits per heavy atom. The third kappa shape index (κ3) is 5.09. The number of amides is 2. The third-order valence-electron chi connectivity index (χ3n) is 2.44. The van der Waals surface area contributed by atoms with Gasteiger partial charge in [0.1, 0.15) is 6.04 Å². The Morgan fingerprint density at radius 1 is 1.32 bits per heavy atom. The van der Waals surface area contributed by atoms with Gasteiger partial charge in [0, 0.05) is 12.5 Å². The molecule has 0 saturated heterocycles. The fourth-order valence-corrected chi connectivity index (χ4v) is 1.92. The quantitative estimate of drug-likeness (QED) is 0.791. The molecule has 0 spiro atoms. The molecule has 2 N–H and O–H groups in total. The van der Waals surface area contributed by atoms with Gasteiger partial charge in [0.2, 0.25) is 12.3 Å². The Labute approximate surface area is 122 Å². The number of hydrogen-bond acceptors (Lipinski definition) is 2. The normalized spacial score (nSPS) is 12.1. The molecule has 0 unspecified atom stereocenters. The molecule has 0 aliphatic rings. The monoisotopic (exact) mass is 302 g/mol. The van der Waals surface area contributed by atoms with Crippen LogP contribution in [0.3, 0.4) is 0 Å². The molecule has 0 aliphatic heterocycles. The van der Waals surface area contributed by atoms with Gasteiger partial charge >= 0.3 is 0 Å². The van der Waals surface area contributed by atoms with Crippen LogP contribution in [-0.2, 0) is 16.0 Å². The summed E-state index contributed by atoms with van der Waals surface area (Å²) in [4.78, 5) is 22.5. The second-order valence-electron chi connectivity index (χ2n) is 4.45. The molecule has 1 rings (SSSR count). The molecule has 0 aromatic heterocycles. The van der Waals surface area contributed by atoms with Crippen LogP contribution in [-0.4, -0.2) is 24.4 Å². The molecule has 0 aliphatic carbocycles. The number of rotatable bonds is 6. The van der Waals surface area contributed by atoms with Gasteiger partial charge < -0.3 is 10.6 Å². The number of carbonyl (C=O) groups is 2. The Morgan fingerprint density at radius 3 is 2.53 bits per heavy atom. The van der Waals surface area contributed by atoms with Gasteiger partial charge in [0.15, 0.2) is 0 Å². The van der Waals surface area contributed by atoms with Crippen molar-refractivity contribution in [2.45, 2.75) is 32.4 Å². The average molecular weight is 303 g/mol. The molecule has 1 atom stereocenters. The molecule has 1 aromatic rings. The minimum Gasteiger partial charge on any atom is -0.352 e. The maximum Gasteiger partial charge on any atom is 0.243 e. The highest BCUT2D eigenvalue weighted by atomic mass is 35.5. The lowest BCUT2D eigenvalue weighted by molar-refractivity contribution is -0.125. The van der Waals surface area contributed by atoms with E-state index in [1.165, 1.54) is 0 Å². The molecular weight excluding hydrogens is 287 g/mol.